The first-order valence-corrected chi connectivity index (χ1v) is 12.5. The van der Waals surface area contributed by atoms with Gasteiger partial charge in [0.15, 0.2) is 6.10 Å². The van der Waals surface area contributed by atoms with Crippen LogP contribution in [-0.4, -0.2) is 83.3 Å². The number of allylic oxidation sites excluding steroid dienone is 1. The third-order valence-corrected chi connectivity index (χ3v) is 6.45. The number of carbonyl (C=O) groups is 3. The molecule has 1 saturated heterocycles. The van der Waals surface area contributed by atoms with Crippen LogP contribution in [0.2, 0.25) is 0 Å². The Labute approximate surface area is 207 Å². The molecule has 10 nitrogen and oxygen atoms in total. The van der Waals surface area contributed by atoms with Crippen molar-refractivity contribution in [1.29, 1.82) is 0 Å². The van der Waals surface area contributed by atoms with E-state index < -0.39 is 48.4 Å². The number of aliphatic hydroxyl groups excluding tert-OH is 3. The Morgan fingerprint density at radius 1 is 1.06 bits per heavy atom. The average molecular weight is 499 g/mol. The molecule has 2 fully saturated rings. The maximum absolute atomic E-state index is 12.8. The van der Waals surface area contributed by atoms with E-state index in [0.717, 1.165) is 32.1 Å². The molecule has 5 N–H and O–H groups in total. The zero-order chi connectivity index (χ0) is 26.2. The molecule has 1 aliphatic heterocycles. The summed E-state index contributed by atoms with van der Waals surface area (Å²) in [5, 5.41) is 36.2. The number of esters is 1. The molecule has 2 rings (SSSR count). The highest BCUT2D eigenvalue weighted by Gasteiger charge is 2.38. The molecular formula is C25H42N2O8. The molecule has 6 atom stereocenters. The molecule has 10 heteroatoms. The first-order chi connectivity index (χ1) is 16.4. The van der Waals surface area contributed by atoms with Gasteiger partial charge in [0, 0.05) is 7.11 Å². The molecule has 0 aromatic carbocycles. The van der Waals surface area contributed by atoms with Gasteiger partial charge >= 0.3 is 5.97 Å². The smallest absolute Gasteiger partial charge is 0.309 e. The normalized spacial score (nSPS) is 25.7. The molecule has 0 bridgehead atoms. The van der Waals surface area contributed by atoms with E-state index in [0.29, 0.717) is 6.42 Å². The lowest BCUT2D eigenvalue weighted by Crippen LogP contribution is -2.55. The van der Waals surface area contributed by atoms with Crippen LogP contribution in [0.1, 0.15) is 65.7 Å². The highest BCUT2D eigenvalue weighted by Crippen LogP contribution is 2.26. The maximum Gasteiger partial charge on any atom is 0.309 e. The summed E-state index contributed by atoms with van der Waals surface area (Å²) in [5.74, 6) is -1.57. The van der Waals surface area contributed by atoms with E-state index in [1.54, 1.807) is 6.08 Å². The Kier molecular flexibility index (Phi) is 11.1. The van der Waals surface area contributed by atoms with Gasteiger partial charge in [-0.25, -0.2) is 0 Å². The topological polar surface area (TPSA) is 154 Å². The van der Waals surface area contributed by atoms with Crippen LogP contribution in [0.25, 0.3) is 0 Å². The average Bonchev–Trinajstić information content (AvgIpc) is 2.98. The van der Waals surface area contributed by atoms with Gasteiger partial charge in [0.2, 0.25) is 5.91 Å². The summed E-state index contributed by atoms with van der Waals surface area (Å²) < 4.78 is 10.7. The lowest BCUT2D eigenvalue weighted by atomic mass is 9.89. The highest BCUT2D eigenvalue weighted by atomic mass is 16.5. The fourth-order valence-electron chi connectivity index (χ4n) is 4.30. The minimum absolute atomic E-state index is 0.0952. The van der Waals surface area contributed by atoms with E-state index in [2.05, 4.69) is 10.6 Å². The summed E-state index contributed by atoms with van der Waals surface area (Å²) >= 11 is 0. The van der Waals surface area contributed by atoms with Crippen LogP contribution in [0.4, 0.5) is 0 Å². The highest BCUT2D eigenvalue weighted by molar-refractivity contribution is 5.89. The summed E-state index contributed by atoms with van der Waals surface area (Å²) in [6, 6.07) is -0.923. The predicted molar refractivity (Wildman–Crippen MR) is 128 cm³/mol. The van der Waals surface area contributed by atoms with Gasteiger partial charge in [-0.05, 0) is 31.1 Å². The summed E-state index contributed by atoms with van der Waals surface area (Å²) in [5.41, 5.74) is -0.251. The molecule has 0 spiro atoms. The first-order valence-electron chi connectivity index (χ1n) is 12.5. The molecule has 2 amide bonds. The molecule has 1 aliphatic carbocycles. The molecule has 0 unspecified atom stereocenters. The second kappa shape index (κ2) is 13.3. The lowest BCUT2D eigenvalue weighted by Gasteiger charge is -2.28. The molecule has 200 valence electrons. The Morgan fingerprint density at radius 3 is 2.31 bits per heavy atom. The van der Waals surface area contributed by atoms with Crippen molar-refractivity contribution in [3.63, 3.8) is 0 Å². The summed E-state index contributed by atoms with van der Waals surface area (Å²) in [6.45, 7) is 5.88. The van der Waals surface area contributed by atoms with E-state index in [1.165, 1.54) is 13.2 Å². The maximum atomic E-state index is 12.8. The fourth-order valence-corrected chi connectivity index (χ4v) is 4.30. The molecule has 0 radical (unpaired) electrons. The molecule has 1 heterocycles. The van der Waals surface area contributed by atoms with Crippen molar-refractivity contribution in [3.8, 4) is 0 Å². The van der Waals surface area contributed by atoms with Crippen LogP contribution in [0.15, 0.2) is 12.2 Å². The number of nitrogens with one attached hydrogen (secondary N) is 2. The standard InChI is InChI=1S/C25H42N2O8/c1-25(2,3)13-12-18(28)19(29)20(30)21(34-4)23(32)27-17-11-10-16(14-26-22(17)31)35-24(33)15-8-6-5-7-9-15/h12-13,15-21,28-30H,5-11,14H2,1-4H3,(H,26,31)(H,27,32)/t16-,17+,18-,19+,20-,21-/m1/s1. The third-order valence-electron chi connectivity index (χ3n) is 6.45. The minimum atomic E-state index is -1.74. The number of carbonyl (C=O) groups excluding carboxylic acids is 3. The minimum Gasteiger partial charge on any atom is -0.460 e. The fraction of sp³-hybridized carbons (Fsp3) is 0.800. The van der Waals surface area contributed by atoms with Crippen LogP contribution >= 0.6 is 0 Å². The zero-order valence-electron chi connectivity index (χ0n) is 21.2. The summed E-state index contributed by atoms with van der Waals surface area (Å²) in [4.78, 5) is 37.7. The van der Waals surface area contributed by atoms with Crippen molar-refractivity contribution in [2.75, 3.05) is 13.7 Å². The van der Waals surface area contributed by atoms with Gasteiger partial charge in [0.05, 0.1) is 12.5 Å². The van der Waals surface area contributed by atoms with Crippen molar-refractivity contribution in [1.82, 2.24) is 10.6 Å². The second-order valence-corrected chi connectivity index (χ2v) is 10.6. The molecule has 0 aromatic rings. The number of hydrogen-bond donors (Lipinski definition) is 5. The largest absolute Gasteiger partial charge is 0.460 e. The van der Waals surface area contributed by atoms with Crippen molar-refractivity contribution in [2.24, 2.45) is 11.3 Å². The van der Waals surface area contributed by atoms with Gasteiger partial charge in [0.1, 0.15) is 30.5 Å². The van der Waals surface area contributed by atoms with Gasteiger partial charge < -0.3 is 35.4 Å². The lowest BCUT2D eigenvalue weighted by molar-refractivity contribution is -0.155. The zero-order valence-corrected chi connectivity index (χ0v) is 21.2. The number of ether oxygens (including phenoxy) is 2. The molecule has 0 aromatic heterocycles. The van der Waals surface area contributed by atoms with Crippen LogP contribution in [0.3, 0.4) is 0 Å². The van der Waals surface area contributed by atoms with Crippen molar-refractivity contribution in [3.05, 3.63) is 12.2 Å². The van der Waals surface area contributed by atoms with Gasteiger partial charge in [-0.2, -0.15) is 0 Å². The van der Waals surface area contributed by atoms with Crippen molar-refractivity contribution < 1.29 is 39.2 Å². The Morgan fingerprint density at radius 2 is 1.71 bits per heavy atom. The first kappa shape index (κ1) is 29.2. The number of rotatable bonds is 9. The molecular weight excluding hydrogens is 456 g/mol. The van der Waals surface area contributed by atoms with Crippen LogP contribution in [0, 0.1) is 11.3 Å². The van der Waals surface area contributed by atoms with Gasteiger partial charge in [-0.3, -0.25) is 14.4 Å². The number of amides is 2. The number of methoxy groups -OCH3 is 1. The Hall–Kier alpha value is -2.01. The van der Waals surface area contributed by atoms with E-state index >= 15 is 0 Å². The van der Waals surface area contributed by atoms with E-state index in [-0.39, 0.29) is 30.3 Å². The van der Waals surface area contributed by atoms with Crippen molar-refractivity contribution >= 4 is 17.8 Å². The summed E-state index contributed by atoms with van der Waals surface area (Å²) in [6.07, 6.45) is 1.61. The van der Waals surface area contributed by atoms with E-state index in [9.17, 15) is 29.7 Å². The monoisotopic (exact) mass is 498 g/mol. The SMILES string of the molecule is CO[C@@H](C(=O)N[C@H]1CC[C@@H](OC(=O)C2CCCCC2)CNC1=O)[C@H](O)[C@@H](O)[C@H](O)C=CC(C)(C)C. The van der Waals surface area contributed by atoms with Crippen LogP contribution in [0.5, 0.6) is 0 Å². The predicted octanol–water partition coefficient (Wildman–Crippen LogP) is 0.573. The Bertz CT molecular complexity index is 744. The van der Waals surface area contributed by atoms with Crippen LogP contribution in [-0.2, 0) is 23.9 Å². The molecule has 2 aliphatic rings. The number of aliphatic hydroxyl groups is 3. The van der Waals surface area contributed by atoms with E-state index in [1.807, 2.05) is 20.8 Å². The van der Waals surface area contributed by atoms with E-state index in [4.69, 9.17) is 9.47 Å². The van der Waals surface area contributed by atoms with Gasteiger partial charge in [-0.15, -0.1) is 0 Å². The van der Waals surface area contributed by atoms with Gasteiger partial charge in [0.25, 0.3) is 5.91 Å². The van der Waals surface area contributed by atoms with Crippen molar-refractivity contribution in [2.45, 2.75) is 102 Å². The molecule has 35 heavy (non-hydrogen) atoms. The quantitative estimate of drug-likeness (QED) is 0.228. The van der Waals surface area contributed by atoms with Crippen LogP contribution < -0.4 is 10.6 Å². The second-order valence-electron chi connectivity index (χ2n) is 10.6. The Balaban J connectivity index is 1.92. The van der Waals surface area contributed by atoms with Gasteiger partial charge in [-0.1, -0.05) is 52.2 Å². The third kappa shape index (κ3) is 9.18. The molecule has 1 saturated carbocycles. The number of hydrogen-bond acceptors (Lipinski definition) is 8. The summed E-state index contributed by atoms with van der Waals surface area (Å²) in [7, 11) is 1.19.